The standard InChI is InChI=1S/C18H27NO3.Na/c1-2-3-4-5-6-7-8-11-14-19-17(20)15-12-9-10-13-16(15)18(21)22;/h9-10,12-13H,2-8,11,14H2,1H3,(H,19,20)(H,21,22);/q;+1/p-1. The van der Waals surface area contributed by atoms with Crippen LogP contribution in [0.2, 0.25) is 0 Å². The fraction of sp³-hybridized carbons (Fsp3) is 0.556. The first kappa shape index (κ1) is 22.2. The number of carbonyl (C=O) groups excluding carboxylic acids is 2. The van der Waals surface area contributed by atoms with E-state index >= 15 is 0 Å². The van der Waals surface area contributed by atoms with Gasteiger partial charge < -0.3 is 15.2 Å². The van der Waals surface area contributed by atoms with Gasteiger partial charge >= 0.3 is 29.6 Å². The van der Waals surface area contributed by atoms with E-state index in [9.17, 15) is 14.7 Å². The summed E-state index contributed by atoms with van der Waals surface area (Å²) in [5.74, 6) is -1.67. The number of nitrogens with one attached hydrogen (secondary N) is 1. The van der Waals surface area contributed by atoms with Crippen LogP contribution in [-0.2, 0) is 0 Å². The van der Waals surface area contributed by atoms with Crippen molar-refractivity contribution >= 4 is 11.9 Å². The van der Waals surface area contributed by atoms with Gasteiger partial charge in [-0.2, -0.15) is 0 Å². The molecule has 0 radical (unpaired) electrons. The van der Waals surface area contributed by atoms with Gasteiger partial charge in [-0.25, -0.2) is 0 Å². The van der Waals surface area contributed by atoms with Crippen molar-refractivity contribution in [1.82, 2.24) is 5.32 Å². The Morgan fingerprint density at radius 1 is 0.913 bits per heavy atom. The Kier molecular flexibility index (Phi) is 13.1. The summed E-state index contributed by atoms with van der Waals surface area (Å²) in [6, 6.07) is 6.13. The first-order valence-electron chi connectivity index (χ1n) is 8.25. The summed E-state index contributed by atoms with van der Waals surface area (Å²) in [6.07, 6.45) is 9.64. The molecule has 1 rings (SSSR count). The van der Waals surface area contributed by atoms with Crippen LogP contribution in [0.4, 0.5) is 0 Å². The number of carboxylic acids is 1. The second kappa shape index (κ2) is 13.6. The van der Waals surface area contributed by atoms with Crippen LogP contribution in [0.15, 0.2) is 24.3 Å². The van der Waals surface area contributed by atoms with E-state index in [0.29, 0.717) is 6.54 Å². The van der Waals surface area contributed by atoms with E-state index in [1.54, 1.807) is 12.1 Å². The minimum atomic E-state index is -1.32. The van der Waals surface area contributed by atoms with Gasteiger partial charge in [-0.15, -0.1) is 0 Å². The molecule has 0 heterocycles. The van der Waals surface area contributed by atoms with E-state index in [-0.39, 0.29) is 46.6 Å². The molecule has 4 nitrogen and oxygen atoms in total. The molecule has 0 aliphatic rings. The average Bonchev–Trinajstić information content (AvgIpc) is 2.53. The van der Waals surface area contributed by atoms with Crippen molar-refractivity contribution in [3.8, 4) is 0 Å². The Bertz CT molecular complexity index is 477. The molecule has 0 unspecified atom stereocenters. The maximum absolute atomic E-state index is 12.0. The van der Waals surface area contributed by atoms with E-state index in [2.05, 4.69) is 12.2 Å². The summed E-state index contributed by atoms with van der Waals surface area (Å²) >= 11 is 0. The minimum Gasteiger partial charge on any atom is -0.545 e. The van der Waals surface area contributed by atoms with Crippen LogP contribution in [0.5, 0.6) is 0 Å². The number of carbonyl (C=O) groups is 2. The predicted molar refractivity (Wildman–Crippen MR) is 85.7 cm³/mol. The molecule has 1 amide bonds. The number of hydrogen-bond acceptors (Lipinski definition) is 3. The quantitative estimate of drug-likeness (QED) is 0.457. The molecule has 0 fully saturated rings. The van der Waals surface area contributed by atoms with Crippen LogP contribution in [0.1, 0.15) is 79.0 Å². The van der Waals surface area contributed by atoms with Crippen molar-refractivity contribution in [2.75, 3.05) is 6.54 Å². The molecule has 5 heteroatoms. The van der Waals surface area contributed by atoms with Crippen molar-refractivity contribution in [2.45, 2.75) is 58.3 Å². The number of unbranched alkanes of at least 4 members (excludes halogenated alkanes) is 7. The molecule has 0 saturated heterocycles. The molecule has 23 heavy (non-hydrogen) atoms. The van der Waals surface area contributed by atoms with E-state index in [1.807, 2.05) is 0 Å². The van der Waals surface area contributed by atoms with Crippen LogP contribution >= 0.6 is 0 Å². The van der Waals surface area contributed by atoms with Crippen LogP contribution in [0.3, 0.4) is 0 Å². The van der Waals surface area contributed by atoms with Crippen LogP contribution in [0, 0.1) is 0 Å². The fourth-order valence-electron chi connectivity index (χ4n) is 2.42. The van der Waals surface area contributed by atoms with Gasteiger partial charge in [-0.1, -0.05) is 70.1 Å². The van der Waals surface area contributed by atoms with E-state index in [4.69, 9.17) is 0 Å². The van der Waals surface area contributed by atoms with E-state index in [1.165, 1.54) is 50.7 Å². The maximum atomic E-state index is 12.0. The molecular weight excluding hydrogens is 301 g/mol. The third-order valence-corrected chi connectivity index (χ3v) is 3.71. The number of aromatic carboxylic acids is 1. The van der Waals surface area contributed by atoms with Gasteiger partial charge in [0.25, 0.3) is 5.91 Å². The Balaban J connectivity index is 0.00000484. The fourth-order valence-corrected chi connectivity index (χ4v) is 2.42. The summed E-state index contributed by atoms with van der Waals surface area (Å²) in [5.41, 5.74) is 0.109. The predicted octanol–water partition coefficient (Wildman–Crippen LogP) is -0.0754. The summed E-state index contributed by atoms with van der Waals surface area (Å²) in [5, 5.41) is 13.7. The monoisotopic (exact) mass is 327 g/mol. The van der Waals surface area contributed by atoms with Crippen LogP contribution < -0.4 is 40.0 Å². The van der Waals surface area contributed by atoms with Crippen molar-refractivity contribution in [3.05, 3.63) is 35.4 Å². The van der Waals surface area contributed by atoms with Gasteiger partial charge in [0.05, 0.1) is 5.97 Å². The zero-order chi connectivity index (χ0) is 16.2. The zero-order valence-corrected chi connectivity index (χ0v) is 16.4. The SMILES string of the molecule is CCCCCCCCCCNC(=O)c1ccccc1C(=O)[O-].[Na+]. The molecule has 0 aromatic heterocycles. The number of carboxylic acid groups (broad SMARTS) is 1. The zero-order valence-electron chi connectivity index (χ0n) is 14.4. The third-order valence-electron chi connectivity index (χ3n) is 3.71. The maximum Gasteiger partial charge on any atom is 1.00 e. The van der Waals surface area contributed by atoms with Gasteiger partial charge in [0.15, 0.2) is 0 Å². The summed E-state index contributed by atoms with van der Waals surface area (Å²) in [4.78, 5) is 22.9. The topological polar surface area (TPSA) is 69.2 Å². The Labute approximate surface area is 161 Å². The molecule has 0 spiro atoms. The van der Waals surface area contributed by atoms with Gasteiger partial charge in [-0.05, 0) is 12.5 Å². The Morgan fingerprint density at radius 3 is 2.00 bits per heavy atom. The molecule has 0 aliphatic carbocycles. The van der Waals surface area contributed by atoms with Crippen LogP contribution in [0.25, 0.3) is 0 Å². The van der Waals surface area contributed by atoms with E-state index < -0.39 is 5.97 Å². The van der Waals surface area contributed by atoms with Crippen molar-refractivity contribution in [1.29, 1.82) is 0 Å². The number of hydrogen-bond donors (Lipinski definition) is 1. The third kappa shape index (κ3) is 9.14. The smallest absolute Gasteiger partial charge is 0.545 e. The van der Waals surface area contributed by atoms with E-state index in [0.717, 1.165) is 12.8 Å². The molecule has 122 valence electrons. The molecule has 1 aromatic rings. The Morgan fingerprint density at radius 2 is 1.43 bits per heavy atom. The summed E-state index contributed by atoms with van der Waals surface area (Å²) in [6.45, 7) is 2.79. The van der Waals surface area contributed by atoms with Crippen LogP contribution in [-0.4, -0.2) is 18.4 Å². The average molecular weight is 327 g/mol. The number of amides is 1. The first-order chi connectivity index (χ1) is 10.7. The number of rotatable bonds is 11. The minimum absolute atomic E-state index is 0. The molecular formula is C18H26NNaO3. The van der Waals surface area contributed by atoms with Gasteiger partial charge in [0, 0.05) is 17.7 Å². The second-order valence-corrected chi connectivity index (χ2v) is 5.56. The summed E-state index contributed by atoms with van der Waals surface area (Å²) < 4.78 is 0. The van der Waals surface area contributed by atoms with Crippen molar-refractivity contribution in [2.24, 2.45) is 0 Å². The van der Waals surface area contributed by atoms with Gasteiger partial charge in [0.2, 0.25) is 0 Å². The second-order valence-electron chi connectivity index (χ2n) is 5.56. The molecule has 0 aliphatic heterocycles. The van der Waals surface area contributed by atoms with Crippen molar-refractivity contribution in [3.63, 3.8) is 0 Å². The molecule has 0 saturated carbocycles. The summed E-state index contributed by atoms with van der Waals surface area (Å²) in [7, 11) is 0. The first-order valence-corrected chi connectivity index (χ1v) is 8.25. The van der Waals surface area contributed by atoms with Crippen molar-refractivity contribution < 1.29 is 44.3 Å². The van der Waals surface area contributed by atoms with Gasteiger partial charge in [-0.3, -0.25) is 4.79 Å². The molecule has 0 bridgehead atoms. The molecule has 0 atom stereocenters. The molecule has 1 N–H and O–H groups in total. The Hall–Kier alpha value is -0.840. The largest absolute Gasteiger partial charge is 1.00 e. The molecule has 1 aromatic carbocycles. The normalized spacial score (nSPS) is 9.96. The van der Waals surface area contributed by atoms with Gasteiger partial charge in [0.1, 0.15) is 0 Å². The number of benzene rings is 1.